The summed E-state index contributed by atoms with van der Waals surface area (Å²) < 4.78 is 20.2. The second-order valence-electron chi connectivity index (χ2n) is 7.37. The Labute approximate surface area is 168 Å². The molecule has 0 unspecified atom stereocenters. The van der Waals surface area contributed by atoms with Crippen molar-refractivity contribution in [1.29, 1.82) is 0 Å². The van der Waals surface area contributed by atoms with Crippen molar-refractivity contribution in [1.82, 2.24) is 19.7 Å². The van der Waals surface area contributed by atoms with Gasteiger partial charge in [-0.2, -0.15) is 5.10 Å². The van der Waals surface area contributed by atoms with E-state index in [1.807, 2.05) is 11.0 Å². The largest absolute Gasteiger partial charge is 0.481 e. The molecule has 1 aromatic carbocycles. The minimum absolute atomic E-state index is 0.0829. The van der Waals surface area contributed by atoms with Crippen molar-refractivity contribution in [2.24, 2.45) is 5.92 Å². The minimum atomic E-state index is -0.315. The van der Waals surface area contributed by atoms with Crippen LogP contribution in [0.15, 0.2) is 48.7 Å². The molecule has 7 heteroatoms. The van der Waals surface area contributed by atoms with Crippen LogP contribution in [0.2, 0.25) is 0 Å². The van der Waals surface area contributed by atoms with Gasteiger partial charge in [-0.15, -0.1) is 0 Å². The number of carbonyl (C=O) groups excluding carboxylic acids is 1. The van der Waals surface area contributed by atoms with E-state index in [0.29, 0.717) is 28.9 Å². The SMILES string of the molecule is COc1ccc(-n2nc(C(=O)N3CCC(C)CC3)cc2-c2ccc(F)cc2)cn1. The molecule has 2 aromatic heterocycles. The number of hydrogen-bond donors (Lipinski definition) is 0. The van der Waals surface area contributed by atoms with Crippen molar-refractivity contribution >= 4 is 5.91 Å². The number of nitrogens with zero attached hydrogens (tertiary/aromatic N) is 4. The Hall–Kier alpha value is -3.22. The molecule has 6 nitrogen and oxygen atoms in total. The predicted octanol–water partition coefficient (Wildman–Crippen LogP) is 3.95. The number of aromatic nitrogens is 3. The van der Waals surface area contributed by atoms with Crippen LogP contribution in [0.3, 0.4) is 0 Å². The van der Waals surface area contributed by atoms with Crippen LogP contribution in [-0.2, 0) is 0 Å². The molecule has 0 atom stereocenters. The maximum atomic E-state index is 13.4. The van der Waals surface area contributed by atoms with E-state index < -0.39 is 0 Å². The van der Waals surface area contributed by atoms with Gasteiger partial charge in [-0.3, -0.25) is 4.79 Å². The molecule has 150 valence electrons. The van der Waals surface area contributed by atoms with Gasteiger partial charge < -0.3 is 9.64 Å². The van der Waals surface area contributed by atoms with Gasteiger partial charge in [-0.1, -0.05) is 6.92 Å². The number of piperidine rings is 1. The molecule has 1 amide bonds. The highest BCUT2D eigenvalue weighted by Crippen LogP contribution is 2.26. The van der Waals surface area contributed by atoms with E-state index in [1.165, 1.54) is 12.1 Å². The molecule has 4 rings (SSSR count). The molecule has 1 aliphatic heterocycles. The maximum absolute atomic E-state index is 13.4. The first-order valence-electron chi connectivity index (χ1n) is 9.71. The normalized spacial score (nSPS) is 14.8. The molecule has 3 aromatic rings. The fraction of sp³-hybridized carbons (Fsp3) is 0.318. The van der Waals surface area contributed by atoms with E-state index >= 15 is 0 Å². The zero-order valence-electron chi connectivity index (χ0n) is 16.5. The monoisotopic (exact) mass is 394 g/mol. The number of likely N-dealkylation sites (tertiary alicyclic amines) is 1. The molecule has 3 heterocycles. The molecule has 1 fully saturated rings. The molecule has 0 aliphatic carbocycles. The first kappa shape index (κ1) is 19.1. The molecule has 29 heavy (non-hydrogen) atoms. The van der Waals surface area contributed by atoms with Gasteiger partial charge >= 0.3 is 0 Å². The number of carbonyl (C=O) groups is 1. The lowest BCUT2D eigenvalue weighted by Gasteiger charge is -2.29. The zero-order chi connectivity index (χ0) is 20.4. The van der Waals surface area contributed by atoms with Crippen molar-refractivity contribution in [3.8, 4) is 22.8 Å². The topological polar surface area (TPSA) is 60.3 Å². The number of methoxy groups -OCH3 is 1. The average molecular weight is 394 g/mol. The molecule has 0 bridgehead atoms. The van der Waals surface area contributed by atoms with Gasteiger partial charge in [-0.25, -0.2) is 14.1 Å². The van der Waals surface area contributed by atoms with E-state index in [0.717, 1.165) is 31.5 Å². The fourth-order valence-corrected chi connectivity index (χ4v) is 3.50. The van der Waals surface area contributed by atoms with Crippen LogP contribution < -0.4 is 4.74 Å². The average Bonchev–Trinajstić information content (AvgIpc) is 3.20. The molecule has 0 N–H and O–H groups in total. The molecule has 0 spiro atoms. The van der Waals surface area contributed by atoms with Crippen LogP contribution in [0.25, 0.3) is 16.9 Å². The molecular formula is C22H23FN4O2. The van der Waals surface area contributed by atoms with Crippen molar-refractivity contribution in [2.45, 2.75) is 19.8 Å². The second-order valence-corrected chi connectivity index (χ2v) is 7.37. The van der Waals surface area contributed by atoms with Crippen LogP contribution in [0.1, 0.15) is 30.3 Å². The highest BCUT2D eigenvalue weighted by molar-refractivity contribution is 5.93. The highest BCUT2D eigenvalue weighted by atomic mass is 19.1. The van der Waals surface area contributed by atoms with E-state index in [4.69, 9.17) is 4.74 Å². The highest BCUT2D eigenvalue weighted by Gasteiger charge is 2.25. The van der Waals surface area contributed by atoms with Crippen LogP contribution in [0.5, 0.6) is 5.88 Å². The first-order chi connectivity index (χ1) is 14.0. The number of ether oxygens (including phenoxy) is 1. The number of benzene rings is 1. The van der Waals surface area contributed by atoms with Gasteiger partial charge in [0.05, 0.1) is 24.7 Å². The number of hydrogen-bond acceptors (Lipinski definition) is 4. The lowest BCUT2D eigenvalue weighted by atomic mass is 9.99. The quantitative estimate of drug-likeness (QED) is 0.672. The summed E-state index contributed by atoms with van der Waals surface area (Å²) in [6, 6.07) is 11.5. The number of amides is 1. The van der Waals surface area contributed by atoms with Gasteiger partial charge in [-0.05, 0) is 55.2 Å². The second kappa shape index (κ2) is 8.03. The van der Waals surface area contributed by atoms with E-state index in [-0.39, 0.29) is 11.7 Å². The van der Waals surface area contributed by atoms with Crippen molar-refractivity contribution in [2.75, 3.05) is 20.2 Å². The number of pyridine rings is 1. The summed E-state index contributed by atoms with van der Waals surface area (Å²) in [4.78, 5) is 19.1. The third-order valence-corrected chi connectivity index (χ3v) is 5.31. The van der Waals surface area contributed by atoms with Crippen molar-refractivity contribution in [3.63, 3.8) is 0 Å². The number of halogens is 1. The van der Waals surface area contributed by atoms with E-state index in [9.17, 15) is 9.18 Å². The third-order valence-electron chi connectivity index (χ3n) is 5.31. The van der Waals surface area contributed by atoms with E-state index in [1.54, 1.807) is 42.3 Å². The fourth-order valence-electron chi connectivity index (χ4n) is 3.50. The Kier molecular flexibility index (Phi) is 5.29. The van der Waals surface area contributed by atoms with Gasteiger partial charge in [0.2, 0.25) is 5.88 Å². The molecule has 1 aliphatic rings. The summed E-state index contributed by atoms with van der Waals surface area (Å²) in [5.41, 5.74) is 2.53. The Bertz CT molecular complexity index is 991. The Balaban J connectivity index is 1.73. The molecule has 1 saturated heterocycles. The minimum Gasteiger partial charge on any atom is -0.481 e. The standard InChI is InChI=1S/C22H23FN4O2/c1-15-9-11-26(12-10-15)22(28)19-13-20(16-3-5-17(23)6-4-16)27(25-19)18-7-8-21(29-2)24-14-18/h3-8,13-15H,9-12H2,1-2H3. The van der Waals surface area contributed by atoms with Crippen LogP contribution in [0.4, 0.5) is 4.39 Å². The summed E-state index contributed by atoms with van der Waals surface area (Å²) in [5, 5.41) is 4.58. The van der Waals surface area contributed by atoms with Crippen LogP contribution in [0, 0.1) is 11.7 Å². The van der Waals surface area contributed by atoms with Gasteiger partial charge in [0.15, 0.2) is 5.69 Å². The lowest BCUT2D eigenvalue weighted by molar-refractivity contribution is 0.0691. The Morgan fingerprint density at radius 2 is 1.86 bits per heavy atom. The molecule has 0 radical (unpaired) electrons. The summed E-state index contributed by atoms with van der Waals surface area (Å²) in [5.74, 6) is 0.727. The Morgan fingerprint density at radius 3 is 2.48 bits per heavy atom. The smallest absolute Gasteiger partial charge is 0.274 e. The van der Waals surface area contributed by atoms with Crippen molar-refractivity contribution in [3.05, 3.63) is 60.2 Å². The Morgan fingerprint density at radius 1 is 1.14 bits per heavy atom. The third kappa shape index (κ3) is 3.99. The first-order valence-corrected chi connectivity index (χ1v) is 9.71. The maximum Gasteiger partial charge on any atom is 0.274 e. The van der Waals surface area contributed by atoms with Gasteiger partial charge in [0.25, 0.3) is 5.91 Å². The lowest BCUT2D eigenvalue weighted by Crippen LogP contribution is -2.38. The van der Waals surface area contributed by atoms with E-state index in [2.05, 4.69) is 17.0 Å². The summed E-state index contributed by atoms with van der Waals surface area (Å²) in [6.07, 6.45) is 3.63. The summed E-state index contributed by atoms with van der Waals surface area (Å²) in [7, 11) is 1.55. The summed E-state index contributed by atoms with van der Waals surface area (Å²) >= 11 is 0. The van der Waals surface area contributed by atoms with Gasteiger partial charge in [0.1, 0.15) is 5.82 Å². The van der Waals surface area contributed by atoms with Crippen LogP contribution >= 0.6 is 0 Å². The number of rotatable bonds is 4. The van der Waals surface area contributed by atoms with Crippen LogP contribution in [-0.4, -0.2) is 45.8 Å². The molecular weight excluding hydrogens is 371 g/mol. The van der Waals surface area contributed by atoms with Crippen molar-refractivity contribution < 1.29 is 13.9 Å². The zero-order valence-corrected chi connectivity index (χ0v) is 16.5. The molecule has 0 saturated carbocycles. The van der Waals surface area contributed by atoms with Gasteiger partial charge in [0, 0.05) is 24.7 Å². The summed E-state index contributed by atoms with van der Waals surface area (Å²) in [6.45, 7) is 3.69. The predicted molar refractivity (Wildman–Crippen MR) is 108 cm³/mol.